The molecule has 1 aliphatic rings. The highest BCUT2D eigenvalue weighted by atomic mass is 16.1. The number of nitrogens with zero attached hydrogens (tertiary/aromatic N) is 2. The van der Waals surface area contributed by atoms with Gasteiger partial charge < -0.3 is 9.88 Å². The lowest BCUT2D eigenvalue weighted by Gasteiger charge is -2.36. The minimum atomic E-state index is 0.0936. The highest BCUT2D eigenvalue weighted by Crippen LogP contribution is 2.12. The number of hydrogen-bond donors (Lipinski definition) is 1. The summed E-state index contributed by atoms with van der Waals surface area (Å²) in [5.74, 6) is 0.710. The van der Waals surface area contributed by atoms with Crippen LogP contribution in [0, 0.1) is 5.92 Å². The van der Waals surface area contributed by atoms with Crippen LogP contribution in [0.1, 0.15) is 20.3 Å². The van der Waals surface area contributed by atoms with E-state index in [4.69, 9.17) is 0 Å². The van der Waals surface area contributed by atoms with Crippen molar-refractivity contribution in [1.29, 1.82) is 0 Å². The van der Waals surface area contributed by atoms with E-state index in [9.17, 15) is 4.79 Å². The number of piperazine rings is 1. The molecular weight excluding hydrogens is 238 g/mol. The quantitative estimate of drug-likeness (QED) is 0.866. The van der Waals surface area contributed by atoms with Gasteiger partial charge in [0.15, 0.2) is 0 Å². The van der Waals surface area contributed by atoms with Crippen molar-refractivity contribution in [2.45, 2.75) is 32.9 Å². The number of hydrogen-bond acceptors (Lipinski definition) is 3. The predicted octanol–water partition coefficient (Wildman–Crippen LogP) is 1.17. The molecule has 1 fully saturated rings. The number of rotatable bonds is 5. The SMILES string of the molecule is CCC(C)C1CN(CCn2ccccc2=O)CCN1. The van der Waals surface area contributed by atoms with Crippen LogP contribution in [0.2, 0.25) is 0 Å². The third-order valence-electron chi connectivity index (χ3n) is 4.18. The number of aromatic nitrogens is 1. The molecule has 2 atom stereocenters. The third-order valence-corrected chi connectivity index (χ3v) is 4.18. The Bertz CT molecular complexity index is 443. The Morgan fingerprint density at radius 3 is 3.00 bits per heavy atom. The first-order chi connectivity index (χ1) is 9.20. The first-order valence-electron chi connectivity index (χ1n) is 7.32. The largest absolute Gasteiger partial charge is 0.314 e. The van der Waals surface area contributed by atoms with Crippen molar-refractivity contribution in [2.75, 3.05) is 26.2 Å². The van der Waals surface area contributed by atoms with Crippen molar-refractivity contribution >= 4 is 0 Å². The van der Waals surface area contributed by atoms with Crippen molar-refractivity contribution in [3.63, 3.8) is 0 Å². The van der Waals surface area contributed by atoms with E-state index in [0.29, 0.717) is 12.0 Å². The predicted molar refractivity (Wildman–Crippen MR) is 78.4 cm³/mol. The van der Waals surface area contributed by atoms with Gasteiger partial charge in [0.1, 0.15) is 0 Å². The van der Waals surface area contributed by atoms with Gasteiger partial charge in [-0.3, -0.25) is 9.69 Å². The monoisotopic (exact) mass is 263 g/mol. The number of pyridine rings is 1. The smallest absolute Gasteiger partial charge is 0.250 e. The van der Waals surface area contributed by atoms with E-state index < -0.39 is 0 Å². The van der Waals surface area contributed by atoms with E-state index in [0.717, 1.165) is 32.7 Å². The topological polar surface area (TPSA) is 37.3 Å². The maximum absolute atomic E-state index is 11.6. The molecule has 4 nitrogen and oxygen atoms in total. The molecule has 4 heteroatoms. The number of nitrogens with one attached hydrogen (secondary N) is 1. The van der Waals surface area contributed by atoms with Gasteiger partial charge in [-0.05, 0) is 12.0 Å². The molecule has 0 radical (unpaired) electrons. The minimum Gasteiger partial charge on any atom is -0.314 e. The van der Waals surface area contributed by atoms with Crippen molar-refractivity contribution in [3.8, 4) is 0 Å². The maximum Gasteiger partial charge on any atom is 0.250 e. The van der Waals surface area contributed by atoms with E-state index >= 15 is 0 Å². The van der Waals surface area contributed by atoms with Gasteiger partial charge in [-0.1, -0.05) is 26.3 Å². The average Bonchev–Trinajstić information content (AvgIpc) is 2.46. The summed E-state index contributed by atoms with van der Waals surface area (Å²) in [6.07, 6.45) is 3.08. The molecule has 1 N–H and O–H groups in total. The molecule has 19 heavy (non-hydrogen) atoms. The lowest BCUT2D eigenvalue weighted by atomic mass is 9.97. The van der Waals surface area contributed by atoms with Gasteiger partial charge in [-0.15, -0.1) is 0 Å². The molecule has 0 bridgehead atoms. The van der Waals surface area contributed by atoms with E-state index in [1.165, 1.54) is 6.42 Å². The van der Waals surface area contributed by atoms with Crippen molar-refractivity contribution in [1.82, 2.24) is 14.8 Å². The Kier molecular flexibility index (Phi) is 5.16. The molecular formula is C15H25N3O. The summed E-state index contributed by atoms with van der Waals surface area (Å²) in [7, 11) is 0. The molecule has 106 valence electrons. The standard InChI is InChI=1S/C15H25N3O/c1-3-13(2)14-12-17(9-7-16-14)10-11-18-8-5-4-6-15(18)19/h4-6,8,13-14,16H,3,7,9-12H2,1-2H3. The van der Waals surface area contributed by atoms with Crippen LogP contribution in [-0.2, 0) is 6.54 Å². The first-order valence-corrected chi connectivity index (χ1v) is 7.32. The van der Waals surface area contributed by atoms with Gasteiger partial charge in [-0.25, -0.2) is 0 Å². The molecule has 1 saturated heterocycles. The molecule has 1 aromatic rings. The van der Waals surface area contributed by atoms with Crippen LogP contribution in [0.4, 0.5) is 0 Å². The van der Waals surface area contributed by atoms with Crippen molar-refractivity contribution in [3.05, 3.63) is 34.7 Å². The van der Waals surface area contributed by atoms with E-state index in [1.807, 2.05) is 12.3 Å². The second kappa shape index (κ2) is 6.87. The van der Waals surface area contributed by atoms with Crippen molar-refractivity contribution < 1.29 is 0 Å². The zero-order valence-electron chi connectivity index (χ0n) is 12.0. The first kappa shape index (κ1) is 14.3. The van der Waals surface area contributed by atoms with E-state index in [2.05, 4.69) is 24.1 Å². The lowest BCUT2D eigenvalue weighted by molar-refractivity contribution is 0.163. The molecule has 0 saturated carbocycles. The second-order valence-electron chi connectivity index (χ2n) is 5.48. The second-order valence-corrected chi connectivity index (χ2v) is 5.48. The highest BCUT2D eigenvalue weighted by Gasteiger charge is 2.22. The summed E-state index contributed by atoms with van der Waals surface area (Å²) < 4.78 is 1.79. The van der Waals surface area contributed by atoms with E-state index in [1.54, 1.807) is 16.7 Å². The summed E-state index contributed by atoms with van der Waals surface area (Å²) in [6.45, 7) is 9.52. The summed E-state index contributed by atoms with van der Waals surface area (Å²) in [4.78, 5) is 14.1. The van der Waals surface area contributed by atoms with Crippen molar-refractivity contribution in [2.24, 2.45) is 5.92 Å². The fourth-order valence-electron chi connectivity index (χ4n) is 2.61. The van der Waals surface area contributed by atoms with Crippen LogP contribution in [-0.4, -0.2) is 41.7 Å². The van der Waals surface area contributed by atoms with Gasteiger partial charge in [0.25, 0.3) is 5.56 Å². The molecule has 2 unspecified atom stereocenters. The third kappa shape index (κ3) is 3.91. The molecule has 2 heterocycles. The Hall–Kier alpha value is -1.13. The van der Waals surface area contributed by atoms with Gasteiger partial charge in [0, 0.05) is 51.0 Å². The van der Waals surface area contributed by atoms with Crippen LogP contribution >= 0.6 is 0 Å². The van der Waals surface area contributed by atoms with Gasteiger partial charge >= 0.3 is 0 Å². The molecule has 0 aliphatic carbocycles. The normalized spacial score (nSPS) is 22.3. The lowest BCUT2D eigenvalue weighted by Crippen LogP contribution is -2.53. The van der Waals surface area contributed by atoms with E-state index in [-0.39, 0.29) is 5.56 Å². The average molecular weight is 263 g/mol. The van der Waals surface area contributed by atoms with Crippen LogP contribution in [0.15, 0.2) is 29.2 Å². The van der Waals surface area contributed by atoms with Crippen LogP contribution in [0.25, 0.3) is 0 Å². The Labute approximate surface area is 115 Å². The zero-order chi connectivity index (χ0) is 13.7. The maximum atomic E-state index is 11.6. The van der Waals surface area contributed by atoms with Gasteiger partial charge in [0.05, 0.1) is 0 Å². The summed E-state index contributed by atoms with van der Waals surface area (Å²) in [6, 6.07) is 5.93. The minimum absolute atomic E-state index is 0.0936. The fourth-order valence-corrected chi connectivity index (χ4v) is 2.61. The highest BCUT2D eigenvalue weighted by molar-refractivity contribution is 4.93. The molecule has 2 rings (SSSR count). The summed E-state index contributed by atoms with van der Waals surface area (Å²) in [5, 5.41) is 3.60. The molecule has 0 spiro atoms. The zero-order valence-corrected chi connectivity index (χ0v) is 12.0. The van der Waals surface area contributed by atoms with Gasteiger partial charge in [-0.2, -0.15) is 0 Å². The fraction of sp³-hybridized carbons (Fsp3) is 0.667. The molecule has 1 aliphatic heterocycles. The van der Waals surface area contributed by atoms with Crippen LogP contribution in [0.5, 0.6) is 0 Å². The molecule has 1 aromatic heterocycles. The Morgan fingerprint density at radius 1 is 1.42 bits per heavy atom. The van der Waals surface area contributed by atoms with Gasteiger partial charge in [0.2, 0.25) is 0 Å². The molecule has 0 amide bonds. The summed E-state index contributed by atoms with van der Waals surface area (Å²) in [5.41, 5.74) is 0.0936. The Morgan fingerprint density at radius 2 is 2.26 bits per heavy atom. The Balaban J connectivity index is 1.86. The molecule has 0 aromatic carbocycles. The summed E-state index contributed by atoms with van der Waals surface area (Å²) >= 11 is 0. The van der Waals surface area contributed by atoms with Crippen LogP contribution < -0.4 is 10.9 Å². The van der Waals surface area contributed by atoms with Crippen LogP contribution in [0.3, 0.4) is 0 Å².